The number of ketones is 1. The van der Waals surface area contributed by atoms with E-state index in [2.05, 4.69) is 15.9 Å². The lowest BCUT2D eigenvalue weighted by Gasteiger charge is -2.12. The van der Waals surface area contributed by atoms with Crippen molar-refractivity contribution >= 4 is 27.7 Å². The summed E-state index contributed by atoms with van der Waals surface area (Å²) in [6, 6.07) is 2.36. The van der Waals surface area contributed by atoms with Crippen LogP contribution in [-0.2, 0) is 9.53 Å². The Hall–Kier alpha value is -1.89. The molecule has 5 nitrogen and oxygen atoms in total. The molecule has 1 aromatic rings. The van der Waals surface area contributed by atoms with Crippen molar-refractivity contribution in [3.63, 3.8) is 0 Å². The number of halogens is 2. The van der Waals surface area contributed by atoms with Gasteiger partial charge in [-0.05, 0) is 28.9 Å². The zero-order valence-electron chi connectivity index (χ0n) is 12.8. The second-order valence-corrected chi connectivity index (χ2v) is 5.38. The molecular formula is C15H17BrFNO4. The van der Waals surface area contributed by atoms with E-state index in [9.17, 15) is 14.0 Å². The van der Waals surface area contributed by atoms with Gasteiger partial charge in [0.1, 0.15) is 17.1 Å². The molecule has 0 bridgehead atoms. The molecule has 0 aromatic heterocycles. The molecule has 0 radical (unpaired) electrons. The Bertz CT molecular complexity index is 614. The summed E-state index contributed by atoms with van der Waals surface area (Å²) in [6.07, 6.45) is 1.30. The van der Waals surface area contributed by atoms with Crippen molar-refractivity contribution in [2.75, 3.05) is 27.8 Å². The molecule has 120 valence electrons. The Morgan fingerprint density at radius 3 is 2.50 bits per heavy atom. The minimum Gasteiger partial charge on any atom is -0.495 e. The Labute approximate surface area is 136 Å². The summed E-state index contributed by atoms with van der Waals surface area (Å²) >= 11 is 3.19. The molecule has 0 N–H and O–H groups in total. The molecule has 0 unspecified atom stereocenters. The fourth-order valence-corrected chi connectivity index (χ4v) is 2.18. The smallest absolute Gasteiger partial charge is 0.343 e. The third-order valence-electron chi connectivity index (χ3n) is 2.61. The molecule has 22 heavy (non-hydrogen) atoms. The van der Waals surface area contributed by atoms with Crippen LogP contribution in [-0.4, -0.2) is 44.5 Å². The van der Waals surface area contributed by atoms with Gasteiger partial charge in [0, 0.05) is 26.4 Å². The van der Waals surface area contributed by atoms with E-state index < -0.39 is 17.6 Å². The summed E-state index contributed by atoms with van der Waals surface area (Å²) in [5.41, 5.74) is -0.489. The number of nitrogens with zero attached hydrogens (tertiary/aromatic N) is 1. The average Bonchev–Trinajstić information content (AvgIpc) is 2.46. The van der Waals surface area contributed by atoms with E-state index in [1.807, 2.05) is 0 Å². The molecule has 0 amide bonds. The Balaban J connectivity index is 3.31. The van der Waals surface area contributed by atoms with Crippen molar-refractivity contribution in [3.05, 3.63) is 39.8 Å². The van der Waals surface area contributed by atoms with E-state index in [0.717, 1.165) is 6.07 Å². The second-order valence-electron chi connectivity index (χ2n) is 4.52. The number of methoxy groups -OCH3 is 1. The molecule has 0 saturated carbocycles. The van der Waals surface area contributed by atoms with Crippen molar-refractivity contribution in [3.8, 4) is 5.75 Å². The van der Waals surface area contributed by atoms with Crippen molar-refractivity contribution < 1.29 is 23.5 Å². The summed E-state index contributed by atoms with van der Waals surface area (Å²) in [7, 11) is 4.68. The highest BCUT2D eigenvalue weighted by Crippen LogP contribution is 2.29. The van der Waals surface area contributed by atoms with Gasteiger partial charge < -0.3 is 14.4 Å². The monoisotopic (exact) mass is 373 g/mol. The number of rotatable bonds is 6. The van der Waals surface area contributed by atoms with E-state index in [1.165, 1.54) is 24.3 Å². The maximum Gasteiger partial charge on any atom is 0.343 e. The summed E-state index contributed by atoms with van der Waals surface area (Å²) < 4.78 is 24.3. The van der Waals surface area contributed by atoms with Crippen LogP contribution in [0, 0.1) is 5.82 Å². The maximum atomic E-state index is 14.1. The lowest BCUT2D eigenvalue weighted by atomic mass is 10.0. The van der Waals surface area contributed by atoms with Gasteiger partial charge in [0.2, 0.25) is 5.78 Å². The van der Waals surface area contributed by atoms with Gasteiger partial charge in [-0.15, -0.1) is 0 Å². The zero-order valence-corrected chi connectivity index (χ0v) is 14.4. The largest absolute Gasteiger partial charge is 0.495 e. The number of hydrogen-bond donors (Lipinski definition) is 0. The average molecular weight is 374 g/mol. The first kappa shape index (κ1) is 18.2. The highest BCUT2D eigenvalue weighted by atomic mass is 79.9. The van der Waals surface area contributed by atoms with Crippen LogP contribution in [0.4, 0.5) is 4.39 Å². The number of ether oxygens (including phenoxy) is 2. The fraction of sp³-hybridized carbons (Fsp3) is 0.333. The van der Waals surface area contributed by atoms with Crippen LogP contribution in [0.25, 0.3) is 0 Å². The maximum absolute atomic E-state index is 14.1. The predicted molar refractivity (Wildman–Crippen MR) is 83.4 cm³/mol. The van der Waals surface area contributed by atoms with Crippen LogP contribution in [0.5, 0.6) is 5.75 Å². The predicted octanol–water partition coefficient (Wildman–Crippen LogP) is 2.79. The molecule has 0 aliphatic rings. The first-order chi connectivity index (χ1) is 10.3. The molecule has 0 atom stereocenters. The van der Waals surface area contributed by atoms with E-state index in [1.54, 1.807) is 21.0 Å². The summed E-state index contributed by atoms with van der Waals surface area (Å²) in [4.78, 5) is 25.9. The summed E-state index contributed by atoms with van der Waals surface area (Å²) in [6.45, 7) is 1.74. The van der Waals surface area contributed by atoms with Crippen LogP contribution in [0.1, 0.15) is 17.3 Å². The number of Topliss-reactive ketones (excluding diaryl/α,β-unsaturated/α-hetero) is 1. The molecular weight excluding hydrogens is 357 g/mol. The van der Waals surface area contributed by atoms with Gasteiger partial charge >= 0.3 is 5.97 Å². The highest BCUT2D eigenvalue weighted by Gasteiger charge is 2.25. The normalized spacial score (nSPS) is 11.1. The lowest BCUT2D eigenvalue weighted by Crippen LogP contribution is -2.20. The third kappa shape index (κ3) is 4.30. The van der Waals surface area contributed by atoms with Crippen LogP contribution in [0.2, 0.25) is 0 Å². The summed E-state index contributed by atoms with van der Waals surface area (Å²) in [5.74, 6) is -2.08. The number of benzene rings is 1. The van der Waals surface area contributed by atoms with Crippen molar-refractivity contribution in [2.24, 2.45) is 0 Å². The third-order valence-corrected chi connectivity index (χ3v) is 3.23. The number of carbonyl (C=O) groups excluding carboxylic acids is 2. The SMILES string of the molecule is CCOC(=O)/C(=C\N(C)C)C(=O)c1cc(Br)c(OC)cc1F. The van der Waals surface area contributed by atoms with Gasteiger partial charge in [0.15, 0.2) is 0 Å². The molecule has 0 fully saturated rings. The quantitative estimate of drug-likeness (QED) is 0.252. The van der Waals surface area contributed by atoms with E-state index in [4.69, 9.17) is 9.47 Å². The number of esters is 1. The standard InChI is InChI=1S/C15H17BrFNO4/c1-5-22-15(20)10(8-18(2)3)14(19)9-6-11(16)13(21-4)7-12(9)17/h6-8H,5H2,1-4H3/b10-8-. The minimum atomic E-state index is -0.799. The second kappa shape index (κ2) is 7.93. The van der Waals surface area contributed by atoms with E-state index >= 15 is 0 Å². The summed E-state index contributed by atoms with van der Waals surface area (Å²) in [5, 5.41) is 0. The van der Waals surface area contributed by atoms with E-state index in [-0.39, 0.29) is 23.5 Å². The number of hydrogen-bond acceptors (Lipinski definition) is 5. The van der Waals surface area contributed by atoms with Gasteiger partial charge in [-0.25, -0.2) is 9.18 Å². The molecule has 1 aromatic carbocycles. The minimum absolute atomic E-state index is 0.117. The molecule has 7 heteroatoms. The molecule has 0 heterocycles. The van der Waals surface area contributed by atoms with Gasteiger partial charge in [0.05, 0.1) is 23.8 Å². The van der Waals surface area contributed by atoms with Gasteiger partial charge in [-0.1, -0.05) is 0 Å². The van der Waals surface area contributed by atoms with Crippen LogP contribution in [0.3, 0.4) is 0 Å². The molecule has 0 aliphatic heterocycles. The number of carbonyl (C=O) groups is 2. The van der Waals surface area contributed by atoms with Crippen LogP contribution >= 0.6 is 15.9 Å². The zero-order chi connectivity index (χ0) is 16.9. The first-order valence-electron chi connectivity index (χ1n) is 6.44. The Kier molecular flexibility index (Phi) is 6.55. The van der Waals surface area contributed by atoms with Crippen molar-refractivity contribution in [2.45, 2.75) is 6.92 Å². The fourth-order valence-electron chi connectivity index (χ4n) is 1.68. The van der Waals surface area contributed by atoms with Crippen molar-refractivity contribution in [1.29, 1.82) is 0 Å². The Morgan fingerprint density at radius 2 is 2.00 bits per heavy atom. The van der Waals surface area contributed by atoms with Gasteiger partial charge in [-0.3, -0.25) is 4.79 Å². The Morgan fingerprint density at radius 1 is 1.36 bits per heavy atom. The van der Waals surface area contributed by atoms with Gasteiger partial charge in [0.25, 0.3) is 0 Å². The van der Waals surface area contributed by atoms with Crippen molar-refractivity contribution in [1.82, 2.24) is 4.90 Å². The van der Waals surface area contributed by atoms with Gasteiger partial charge in [-0.2, -0.15) is 0 Å². The molecule has 0 saturated heterocycles. The van der Waals surface area contributed by atoms with Crippen LogP contribution < -0.4 is 4.74 Å². The molecule has 0 spiro atoms. The molecule has 1 rings (SSSR count). The van der Waals surface area contributed by atoms with E-state index in [0.29, 0.717) is 4.47 Å². The van der Waals surface area contributed by atoms with Crippen LogP contribution in [0.15, 0.2) is 28.4 Å². The first-order valence-corrected chi connectivity index (χ1v) is 7.24. The highest BCUT2D eigenvalue weighted by molar-refractivity contribution is 9.10. The molecule has 0 aliphatic carbocycles. The topological polar surface area (TPSA) is 55.8 Å². The lowest BCUT2D eigenvalue weighted by molar-refractivity contribution is -0.138.